The van der Waals surface area contributed by atoms with E-state index in [4.69, 9.17) is 11.6 Å². The van der Waals surface area contributed by atoms with E-state index in [0.29, 0.717) is 33.5 Å². The number of hydrogen-bond acceptors (Lipinski definition) is 5. The van der Waals surface area contributed by atoms with Gasteiger partial charge in [0.25, 0.3) is 5.56 Å². The largest absolute Gasteiger partial charge is 0.352 e. The number of nitrogens with one attached hydrogen (secondary N) is 2. The molecule has 1 aromatic carbocycles. The molecule has 0 aliphatic carbocycles. The molecule has 0 saturated carbocycles. The van der Waals surface area contributed by atoms with E-state index in [9.17, 15) is 9.59 Å². The molecule has 1 amide bonds. The topological polar surface area (TPSA) is 92.7 Å². The van der Waals surface area contributed by atoms with Gasteiger partial charge < -0.3 is 5.32 Å². The number of benzene rings is 1. The number of thioether (sulfide) groups is 1. The molecule has 1 aliphatic rings. The fourth-order valence-corrected chi connectivity index (χ4v) is 4.17. The Bertz CT molecular complexity index is 1020. The Morgan fingerprint density at radius 2 is 2.28 bits per heavy atom. The fourth-order valence-electron chi connectivity index (χ4n) is 2.83. The number of aromatic amines is 1. The Balaban J connectivity index is 1.49. The van der Waals surface area contributed by atoms with Crippen LogP contribution >= 0.6 is 23.4 Å². The first-order valence-electron chi connectivity index (χ1n) is 7.72. The van der Waals surface area contributed by atoms with Gasteiger partial charge in [0.05, 0.1) is 12.2 Å². The Kier molecular flexibility index (Phi) is 4.22. The summed E-state index contributed by atoms with van der Waals surface area (Å²) < 4.78 is 1.59. The van der Waals surface area contributed by atoms with Crippen LogP contribution in [-0.2, 0) is 11.3 Å². The van der Waals surface area contributed by atoms with Gasteiger partial charge in [0.2, 0.25) is 5.91 Å². The van der Waals surface area contributed by atoms with Crippen molar-refractivity contribution in [2.75, 3.05) is 5.75 Å². The quantitative estimate of drug-likeness (QED) is 0.681. The lowest BCUT2D eigenvalue weighted by Crippen LogP contribution is -2.30. The number of carbonyl (C=O) groups is 1. The lowest BCUT2D eigenvalue weighted by Gasteiger charge is -2.13. The van der Waals surface area contributed by atoms with Crippen LogP contribution < -0.4 is 10.9 Å². The molecule has 1 atom stereocenters. The number of amides is 1. The number of fused-ring (bicyclic) bond motifs is 2. The van der Waals surface area contributed by atoms with Gasteiger partial charge in [-0.25, -0.2) is 4.98 Å². The zero-order valence-corrected chi connectivity index (χ0v) is 14.6. The molecule has 0 bridgehead atoms. The number of halogens is 1. The van der Waals surface area contributed by atoms with Crippen molar-refractivity contribution in [2.45, 2.75) is 24.2 Å². The summed E-state index contributed by atoms with van der Waals surface area (Å²) in [6.45, 7) is 0.360. The molecule has 9 heteroatoms. The average molecular weight is 376 g/mol. The summed E-state index contributed by atoms with van der Waals surface area (Å²) in [4.78, 5) is 29.3. The van der Waals surface area contributed by atoms with E-state index in [0.717, 1.165) is 5.56 Å². The number of carbonyl (C=O) groups excluding carboxylic acids is 1. The lowest BCUT2D eigenvalue weighted by atomic mass is 10.2. The average Bonchev–Trinajstić information content (AvgIpc) is 3.22. The molecule has 128 valence electrons. The van der Waals surface area contributed by atoms with E-state index in [1.54, 1.807) is 10.6 Å². The third-order valence-electron chi connectivity index (χ3n) is 4.11. The van der Waals surface area contributed by atoms with Gasteiger partial charge in [-0.2, -0.15) is 5.10 Å². The molecular weight excluding hydrogens is 362 g/mol. The molecule has 0 saturated heterocycles. The van der Waals surface area contributed by atoms with E-state index in [1.807, 2.05) is 18.2 Å². The van der Waals surface area contributed by atoms with Crippen molar-refractivity contribution in [3.8, 4) is 0 Å². The molecule has 4 rings (SSSR count). The minimum absolute atomic E-state index is 0.127. The highest BCUT2D eigenvalue weighted by atomic mass is 35.5. The molecule has 3 aromatic rings. The Hall–Kier alpha value is -2.32. The maximum Gasteiger partial charge on any atom is 0.265 e. The highest BCUT2D eigenvalue weighted by Gasteiger charge is 2.28. The van der Waals surface area contributed by atoms with Crippen molar-refractivity contribution in [3.63, 3.8) is 0 Å². The van der Waals surface area contributed by atoms with Crippen molar-refractivity contribution >= 4 is 40.3 Å². The highest BCUT2D eigenvalue weighted by molar-refractivity contribution is 7.99. The van der Waals surface area contributed by atoms with E-state index >= 15 is 0 Å². The molecule has 7 nitrogen and oxygen atoms in total. The van der Waals surface area contributed by atoms with Crippen molar-refractivity contribution in [3.05, 3.63) is 51.4 Å². The van der Waals surface area contributed by atoms with Gasteiger partial charge in [0.15, 0.2) is 10.8 Å². The second-order valence-electron chi connectivity index (χ2n) is 5.74. The predicted octanol–water partition coefficient (Wildman–Crippen LogP) is 2.13. The zero-order valence-electron chi connectivity index (χ0n) is 13.0. The van der Waals surface area contributed by atoms with Crippen molar-refractivity contribution in [1.82, 2.24) is 25.1 Å². The van der Waals surface area contributed by atoms with Crippen LogP contribution in [0.15, 0.2) is 40.4 Å². The fraction of sp³-hybridized carbons (Fsp3) is 0.250. The Morgan fingerprint density at radius 1 is 1.44 bits per heavy atom. The molecule has 0 spiro atoms. The van der Waals surface area contributed by atoms with Crippen LogP contribution in [0.1, 0.15) is 18.0 Å². The predicted molar refractivity (Wildman–Crippen MR) is 95.8 cm³/mol. The number of aromatic nitrogens is 4. The zero-order chi connectivity index (χ0) is 17.4. The van der Waals surface area contributed by atoms with E-state index < -0.39 is 0 Å². The number of H-pyrrole nitrogens is 1. The Labute approximate surface area is 151 Å². The van der Waals surface area contributed by atoms with Gasteiger partial charge in [-0.15, -0.1) is 0 Å². The normalized spacial score (nSPS) is 16.1. The van der Waals surface area contributed by atoms with Crippen molar-refractivity contribution in [2.24, 2.45) is 0 Å². The summed E-state index contributed by atoms with van der Waals surface area (Å²) in [5.41, 5.74) is 1.17. The maximum atomic E-state index is 12.6. The molecule has 0 radical (unpaired) electrons. The molecule has 1 aliphatic heterocycles. The van der Waals surface area contributed by atoms with Gasteiger partial charge >= 0.3 is 0 Å². The molecule has 3 heterocycles. The number of hydrogen-bond donors (Lipinski definition) is 2. The molecule has 2 N–H and O–H groups in total. The molecule has 2 aromatic heterocycles. The molecule has 1 unspecified atom stereocenters. The van der Waals surface area contributed by atoms with E-state index in [-0.39, 0.29) is 23.9 Å². The number of nitrogens with zero attached hydrogens (tertiary/aromatic N) is 3. The van der Waals surface area contributed by atoms with Crippen molar-refractivity contribution in [1.29, 1.82) is 0 Å². The first-order chi connectivity index (χ1) is 12.1. The summed E-state index contributed by atoms with van der Waals surface area (Å²) in [7, 11) is 0. The minimum atomic E-state index is -0.217. The first-order valence-corrected chi connectivity index (χ1v) is 9.08. The minimum Gasteiger partial charge on any atom is -0.352 e. The van der Waals surface area contributed by atoms with Crippen LogP contribution in [0.3, 0.4) is 0 Å². The summed E-state index contributed by atoms with van der Waals surface area (Å²) in [5.74, 6) is 0.513. The van der Waals surface area contributed by atoms with Crippen LogP contribution in [-0.4, -0.2) is 31.4 Å². The van der Waals surface area contributed by atoms with E-state index in [1.165, 1.54) is 18.0 Å². The molecular formula is C16H14ClN5O2S. The second kappa shape index (κ2) is 6.53. The van der Waals surface area contributed by atoms with Gasteiger partial charge in [0, 0.05) is 23.7 Å². The third kappa shape index (κ3) is 3.03. The Morgan fingerprint density at radius 3 is 3.12 bits per heavy atom. The highest BCUT2D eigenvalue weighted by Crippen LogP contribution is 2.32. The van der Waals surface area contributed by atoms with Crippen LogP contribution in [0.25, 0.3) is 11.0 Å². The smallest absolute Gasteiger partial charge is 0.265 e. The first kappa shape index (κ1) is 16.2. The second-order valence-corrected chi connectivity index (χ2v) is 7.13. The SMILES string of the molecule is O=C(CC1CSc2nc3[nH]ncc3c(=O)n21)NCc1ccccc1Cl. The van der Waals surface area contributed by atoms with Crippen LogP contribution in [0.2, 0.25) is 5.02 Å². The van der Waals surface area contributed by atoms with Crippen LogP contribution in [0, 0.1) is 0 Å². The molecule has 0 fully saturated rings. The van der Waals surface area contributed by atoms with Gasteiger partial charge in [0.1, 0.15) is 5.39 Å². The van der Waals surface area contributed by atoms with Crippen molar-refractivity contribution < 1.29 is 4.79 Å². The van der Waals surface area contributed by atoms with Crippen LogP contribution in [0.5, 0.6) is 0 Å². The summed E-state index contributed by atoms with van der Waals surface area (Å²) in [5, 5.41) is 11.1. The summed E-state index contributed by atoms with van der Waals surface area (Å²) in [6, 6.07) is 7.15. The standard InChI is InChI=1S/C16H14ClN5O2S/c17-12-4-2-1-3-9(12)6-18-13(23)5-10-8-25-16-20-14-11(7-19-21-14)15(24)22(10)16/h1-4,7,10H,5-6,8H2,(H,18,23)(H,19,21). The van der Waals surface area contributed by atoms with E-state index in [2.05, 4.69) is 20.5 Å². The monoisotopic (exact) mass is 375 g/mol. The lowest BCUT2D eigenvalue weighted by molar-refractivity contribution is -0.121. The van der Waals surface area contributed by atoms with Gasteiger partial charge in [-0.3, -0.25) is 19.3 Å². The summed E-state index contributed by atoms with van der Waals surface area (Å²) in [6.07, 6.45) is 1.69. The number of rotatable bonds is 4. The molecule has 25 heavy (non-hydrogen) atoms. The van der Waals surface area contributed by atoms with Gasteiger partial charge in [-0.1, -0.05) is 41.6 Å². The maximum absolute atomic E-state index is 12.6. The third-order valence-corrected chi connectivity index (χ3v) is 5.57. The van der Waals surface area contributed by atoms with Crippen LogP contribution in [0.4, 0.5) is 0 Å². The van der Waals surface area contributed by atoms with Gasteiger partial charge in [-0.05, 0) is 11.6 Å². The summed E-state index contributed by atoms with van der Waals surface area (Å²) >= 11 is 7.56.